The van der Waals surface area contributed by atoms with E-state index in [1.54, 1.807) is 0 Å². The molecule has 3 heterocycles. The van der Waals surface area contributed by atoms with Gasteiger partial charge in [-0.2, -0.15) is 0 Å². The van der Waals surface area contributed by atoms with Crippen LogP contribution in [-0.2, 0) is 0 Å². The van der Waals surface area contributed by atoms with E-state index in [1.165, 1.54) is 0 Å². The number of nitrogens with zero attached hydrogens (tertiary/aromatic N) is 5. The molecule has 0 atom stereocenters. The first-order valence-electron chi connectivity index (χ1n) is 22.1. The third-order valence-electron chi connectivity index (χ3n) is 11.8. The normalized spacial score (nSPS) is 11.0. The zero-order valence-electron chi connectivity index (χ0n) is 35.9. The molecule has 0 radical (unpaired) electrons. The predicted octanol–water partition coefficient (Wildman–Crippen LogP) is 15.3. The van der Waals surface area contributed by atoms with Gasteiger partial charge in [-0.05, 0) is 63.7 Å². The summed E-state index contributed by atoms with van der Waals surface area (Å²) in [4.78, 5) is 25.9. The van der Waals surface area contributed by atoms with E-state index in [0.717, 1.165) is 101 Å². The summed E-state index contributed by atoms with van der Waals surface area (Å²) in [5.41, 5.74) is 17.5. The highest BCUT2D eigenvalue weighted by Gasteiger charge is 2.21. The first kappa shape index (κ1) is 39.9. The lowest BCUT2D eigenvalue weighted by atomic mass is 9.87. The van der Waals surface area contributed by atoms with Crippen LogP contribution in [-0.4, -0.2) is 24.9 Å². The Morgan fingerprint density at radius 2 is 0.591 bits per heavy atom. The van der Waals surface area contributed by atoms with Crippen LogP contribution >= 0.6 is 0 Å². The number of hydrogen-bond donors (Lipinski definition) is 0. The van der Waals surface area contributed by atoms with E-state index < -0.39 is 0 Å². The van der Waals surface area contributed by atoms with E-state index in [2.05, 4.69) is 170 Å². The Kier molecular flexibility index (Phi) is 10.9. The Hall–Kier alpha value is -8.93. The molecule has 0 aliphatic carbocycles. The number of aromatic nitrogens is 5. The van der Waals surface area contributed by atoms with Crippen LogP contribution in [0, 0.1) is 0 Å². The molecular weight excluding hydrogens is 803 g/mol. The lowest BCUT2D eigenvalue weighted by Gasteiger charge is -2.19. The molecule has 0 saturated carbocycles. The van der Waals surface area contributed by atoms with Crippen LogP contribution in [0.3, 0.4) is 0 Å². The third kappa shape index (κ3) is 8.21. The molecule has 0 spiro atoms. The van der Waals surface area contributed by atoms with E-state index in [-0.39, 0.29) is 0 Å². The fraction of sp³-hybridized carbons (Fsp3) is 0. The molecule has 0 amide bonds. The molecule has 0 bridgehead atoms. The summed E-state index contributed by atoms with van der Waals surface area (Å²) in [6.45, 7) is 0. The van der Waals surface area contributed by atoms with Crippen LogP contribution in [0.15, 0.2) is 249 Å². The maximum atomic E-state index is 5.36. The van der Waals surface area contributed by atoms with Gasteiger partial charge in [0.25, 0.3) is 0 Å². The maximum absolute atomic E-state index is 5.36. The second kappa shape index (κ2) is 18.0. The highest BCUT2D eigenvalue weighted by molar-refractivity contribution is 5.97. The molecule has 5 nitrogen and oxygen atoms in total. The molecule has 5 heteroatoms. The van der Waals surface area contributed by atoms with Crippen LogP contribution in [0.2, 0.25) is 0 Å². The van der Waals surface area contributed by atoms with Crippen molar-refractivity contribution in [2.75, 3.05) is 0 Å². The van der Waals surface area contributed by atoms with Crippen molar-refractivity contribution >= 4 is 0 Å². The minimum atomic E-state index is 0.638. The van der Waals surface area contributed by atoms with Crippen LogP contribution < -0.4 is 0 Å². The van der Waals surface area contributed by atoms with E-state index in [4.69, 9.17) is 24.9 Å². The molecule has 0 N–H and O–H groups in total. The molecule has 8 aromatic carbocycles. The molecule has 66 heavy (non-hydrogen) atoms. The lowest BCUT2D eigenvalue weighted by Crippen LogP contribution is -1.99. The Morgan fingerprint density at radius 1 is 0.197 bits per heavy atom. The fourth-order valence-corrected chi connectivity index (χ4v) is 8.54. The van der Waals surface area contributed by atoms with Gasteiger partial charge in [-0.1, -0.05) is 212 Å². The van der Waals surface area contributed by atoms with Crippen LogP contribution in [0.1, 0.15) is 0 Å². The van der Waals surface area contributed by atoms with Gasteiger partial charge < -0.3 is 0 Å². The first-order chi connectivity index (χ1) is 32.7. The van der Waals surface area contributed by atoms with Crippen molar-refractivity contribution in [3.8, 4) is 112 Å². The minimum Gasteiger partial charge on any atom is -0.256 e. The average molecular weight is 844 g/mol. The van der Waals surface area contributed by atoms with Gasteiger partial charge in [-0.15, -0.1) is 0 Å². The SMILES string of the molecule is c1ccc(-c2ccc(-c3nc(-c4ccccc4)cc(-c4ccccc4-c4ccc(-c5ccccn5)cc4-c4ccccc4-c4nc(-c5ccccc5)cc(-c5ccccc5)n4)n3)cc2)cc1. The fourth-order valence-electron chi connectivity index (χ4n) is 8.54. The van der Waals surface area contributed by atoms with Crippen molar-refractivity contribution in [2.24, 2.45) is 0 Å². The summed E-state index contributed by atoms with van der Waals surface area (Å²) in [7, 11) is 0. The van der Waals surface area contributed by atoms with Gasteiger partial charge in [0.1, 0.15) is 0 Å². The summed E-state index contributed by atoms with van der Waals surface area (Å²) in [5.74, 6) is 1.29. The number of benzene rings is 8. The highest BCUT2D eigenvalue weighted by Crippen LogP contribution is 2.43. The molecular formula is C61H41N5. The molecule has 0 saturated heterocycles. The van der Waals surface area contributed by atoms with Gasteiger partial charge in [0.2, 0.25) is 0 Å². The number of hydrogen-bond acceptors (Lipinski definition) is 5. The monoisotopic (exact) mass is 843 g/mol. The predicted molar refractivity (Wildman–Crippen MR) is 270 cm³/mol. The quantitative estimate of drug-likeness (QED) is 0.137. The molecule has 0 aliphatic rings. The van der Waals surface area contributed by atoms with Crippen molar-refractivity contribution in [1.29, 1.82) is 0 Å². The van der Waals surface area contributed by atoms with Crippen LogP contribution in [0.25, 0.3) is 112 Å². The second-order valence-electron chi connectivity index (χ2n) is 16.0. The van der Waals surface area contributed by atoms with Crippen molar-refractivity contribution in [3.05, 3.63) is 249 Å². The Bertz CT molecular complexity index is 3370. The average Bonchev–Trinajstić information content (AvgIpc) is 3.42. The second-order valence-corrected chi connectivity index (χ2v) is 16.0. The maximum Gasteiger partial charge on any atom is 0.161 e. The minimum absolute atomic E-state index is 0.638. The molecule has 3 aromatic heterocycles. The van der Waals surface area contributed by atoms with E-state index in [9.17, 15) is 0 Å². The molecule has 0 fully saturated rings. The van der Waals surface area contributed by atoms with E-state index >= 15 is 0 Å². The Balaban J connectivity index is 1.10. The highest BCUT2D eigenvalue weighted by atomic mass is 14.9. The summed E-state index contributed by atoms with van der Waals surface area (Å²) in [6.07, 6.45) is 1.84. The molecule has 0 aliphatic heterocycles. The largest absolute Gasteiger partial charge is 0.256 e. The smallest absolute Gasteiger partial charge is 0.161 e. The first-order valence-corrected chi connectivity index (χ1v) is 22.1. The van der Waals surface area contributed by atoms with Gasteiger partial charge >= 0.3 is 0 Å². The standard InChI is InChI=1S/C61H41N5/c1-5-19-42(20-6-1)43-32-34-47(35-33-43)60-63-58(46-25-11-4-12-26-46)41-59(66-60)52-29-15-13-27-49(52)51-37-36-48(55-31-17-18-38-62-55)39-54(51)50-28-14-16-30-53(50)61-64-56(44-21-7-2-8-22-44)40-57(65-61)45-23-9-3-10-24-45/h1-41H. The molecule has 0 unspecified atom stereocenters. The van der Waals surface area contributed by atoms with Crippen molar-refractivity contribution in [1.82, 2.24) is 24.9 Å². The number of pyridine rings is 1. The Labute approximate surface area is 384 Å². The van der Waals surface area contributed by atoms with Gasteiger partial charge in [0, 0.05) is 45.1 Å². The third-order valence-corrected chi connectivity index (χ3v) is 11.8. The summed E-state index contributed by atoms with van der Waals surface area (Å²) in [5, 5.41) is 0. The molecule has 11 rings (SSSR count). The van der Waals surface area contributed by atoms with E-state index in [1.807, 2.05) is 79.0 Å². The van der Waals surface area contributed by atoms with Gasteiger partial charge in [0.15, 0.2) is 11.6 Å². The van der Waals surface area contributed by atoms with Crippen LogP contribution in [0.4, 0.5) is 0 Å². The van der Waals surface area contributed by atoms with Gasteiger partial charge in [-0.3, -0.25) is 4.98 Å². The van der Waals surface area contributed by atoms with E-state index in [0.29, 0.717) is 11.6 Å². The van der Waals surface area contributed by atoms with Gasteiger partial charge in [-0.25, -0.2) is 19.9 Å². The lowest BCUT2D eigenvalue weighted by molar-refractivity contribution is 1.18. The molecule has 310 valence electrons. The van der Waals surface area contributed by atoms with Crippen LogP contribution in [0.5, 0.6) is 0 Å². The zero-order valence-corrected chi connectivity index (χ0v) is 35.9. The summed E-state index contributed by atoms with van der Waals surface area (Å²) in [6, 6.07) is 83.8. The molecule has 11 aromatic rings. The Morgan fingerprint density at radius 3 is 1.15 bits per heavy atom. The summed E-state index contributed by atoms with van der Waals surface area (Å²) < 4.78 is 0. The van der Waals surface area contributed by atoms with Crippen molar-refractivity contribution in [3.63, 3.8) is 0 Å². The summed E-state index contributed by atoms with van der Waals surface area (Å²) >= 11 is 0. The topological polar surface area (TPSA) is 64.5 Å². The number of rotatable bonds is 10. The van der Waals surface area contributed by atoms with Crippen molar-refractivity contribution in [2.45, 2.75) is 0 Å². The zero-order chi connectivity index (χ0) is 44.1. The van der Waals surface area contributed by atoms with Crippen molar-refractivity contribution < 1.29 is 0 Å². The van der Waals surface area contributed by atoms with Gasteiger partial charge in [0.05, 0.1) is 28.5 Å².